The third kappa shape index (κ3) is 3.71. The summed E-state index contributed by atoms with van der Waals surface area (Å²) in [6, 6.07) is 3.36. The molecule has 0 saturated heterocycles. The van der Waals surface area contributed by atoms with Gasteiger partial charge in [-0.3, -0.25) is 9.48 Å². The van der Waals surface area contributed by atoms with Crippen molar-refractivity contribution in [2.45, 2.75) is 33.0 Å². The van der Waals surface area contributed by atoms with Gasteiger partial charge in [-0.1, -0.05) is 6.92 Å². The Hall–Kier alpha value is -2.08. The minimum Gasteiger partial charge on any atom is -0.394 e. The zero-order valence-corrected chi connectivity index (χ0v) is 11.6. The summed E-state index contributed by atoms with van der Waals surface area (Å²) in [6.45, 7) is 3.98. The molecule has 0 bridgehead atoms. The number of pyridine rings is 1. The van der Waals surface area contributed by atoms with Crippen LogP contribution in [0, 0.1) is 0 Å². The first-order valence-electron chi connectivity index (χ1n) is 6.79. The Morgan fingerprint density at radius 2 is 2.15 bits per heavy atom. The first-order chi connectivity index (χ1) is 9.72. The van der Waals surface area contributed by atoms with Crippen molar-refractivity contribution < 1.29 is 5.11 Å². The molecule has 0 aliphatic carbocycles. The Morgan fingerprint density at radius 3 is 2.90 bits per heavy atom. The predicted octanol–water partition coefficient (Wildman–Crippen LogP) is 1.06. The number of hydrogen-bond donors (Lipinski definition) is 2. The van der Waals surface area contributed by atoms with Gasteiger partial charge in [-0.25, -0.2) is 0 Å². The van der Waals surface area contributed by atoms with Crippen LogP contribution in [0.4, 0.5) is 5.69 Å². The highest BCUT2D eigenvalue weighted by Gasteiger charge is 2.00. The number of aliphatic hydroxyl groups excluding tert-OH is 1. The van der Waals surface area contributed by atoms with Crippen LogP contribution in [0.2, 0.25) is 0 Å². The second-order valence-corrected chi connectivity index (χ2v) is 4.64. The molecule has 6 nitrogen and oxygen atoms in total. The van der Waals surface area contributed by atoms with E-state index in [0.29, 0.717) is 13.1 Å². The molecule has 0 aliphatic rings. The van der Waals surface area contributed by atoms with Gasteiger partial charge in [0, 0.05) is 37.1 Å². The molecule has 0 fully saturated rings. The van der Waals surface area contributed by atoms with Crippen molar-refractivity contribution in [3.05, 3.63) is 46.6 Å². The minimum atomic E-state index is 0.0214. The van der Waals surface area contributed by atoms with Crippen LogP contribution in [0.3, 0.4) is 0 Å². The maximum Gasteiger partial charge on any atom is 0.250 e. The standard InChI is InChI=1S/C14H20N4O2/c1-2-5-17-11-13(3-4-14(17)20)15-8-12-9-16-18(10-12)6-7-19/h3-4,9-11,15,19H,2,5-8H2,1H3. The van der Waals surface area contributed by atoms with Gasteiger partial charge >= 0.3 is 0 Å². The Bertz CT molecular complexity index is 603. The Balaban J connectivity index is 1.99. The molecule has 0 radical (unpaired) electrons. The zero-order chi connectivity index (χ0) is 14.4. The molecule has 0 aliphatic heterocycles. The van der Waals surface area contributed by atoms with Gasteiger partial charge in [0.1, 0.15) is 0 Å². The molecular formula is C14H20N4O2. The van der Waals surface area contributed by atoms with Gasteiger partial charge in [-0.05, 0) is 12.5 Å². The second kappa shape index (κ2) is 6.91. The summed E-state index contributed by atoms with van der Waals surface area (Å²) in [5.41, 5.74) is 1.97. The molecule has 0 spiro atoms. The van der Waals surface area contributed by atoms with Gasteiger partial charge in [-0.15, -0.1) is 0 Å². The van der Waals surface area contributed by atoms with E-state index in [2.05, 4.69) is 10.4 Å². The van der Waals surface area contributed by atoms with Crippen LogP contribution in [0.15, 0.2) is 35.5 Å². The Morgan fingerprint density at radius 1 is 1.30 bits per heavy atom. The van der Waals surface area contributed by atoms with Gasteiger partial charge in [-0.2, -0.15) is 5.10 Å². The number of aromatic nitrogens is 3. The van der Waals surface area contributed by atoms with Gasteiger partial charge in [0.15, 0.2) is 0 Å². The van der Waals surface area contributed by atoms with E-state index in [-0.39, 0.29) is 12.2 Å². The number of aliphatic hydroxyl groups is 1. The van der Waals surface area contributed by atoms with Crippen LogP contribution in [0.1, 0.15) is 18.9 Å². The van der Waals surface area contributed by atoms with E-state index in [0.717, 1.165) is 24.2 Å². The number of nitrogens with one attached hydrogen (secondary N) is 1. The Kier molecular flexibility index (Phi) is 4.95. The van der Waals surface area contributed by atoms with E-state index in [1.165, 1.54) is 0 Å². The van der Waals surface area contributed by atoms with Crippen molar-refractivity contribution in [2.24, 2.45) is 0 Å². The number of rotatable bonds is 7. The second-order valence-electron chi connectivity index (χ2n) is 4.64. The highest BCUT2D eigenvalue weighted by molar-refractivity contribution is 5.40. The third-order valence-corrected chi connectivity index (χ3v) is 2.96. The lowest BCUT2D eigenvalue weighted by atomic mass is 10.3. The van der Waals surface area contributed by atoms with Crippen LogP contribution < -0.4 is 10.9 Å². The molecular weight excluding hydrogens is 256 g/mol. The highest BCUT2D eigenvalue weighted by atomic mass is 16.3. The van der Waals surface area contributed by atoms with Crippen molar-refractivity contribution in [1.82, 2.24) is 14.3 Å². The lowest BCUT2D eigenvalue weighted by molar-refractivity contribution is 0.269. The molecule has 108 valence electrons. The fourth-order valence-corrected chi connectivity index (χ4v) is 1.98. The van der Waals surface area contributed by atoms with Crippen molar-refractivity contribution in [3.63, 3.8) is 0 Å². The maximum atomic E-state index is 11.6. The number of nitrogens with zero attached hydrogens (tertiary/aromatic N) is 3. The summed E-state index contributed by atoms with van der Waals surface area (Å²) in [5, 5.41) is 16.2. The minimum absolute atomic E-state index is 0.0214. The van der Waals surface area contributed by atoms with Crippen LogP contribution in [-0.4, -0.2) is 26.1 Å². The molecule has 0 aromatic carbocycles. The SMILES string of the molecule is CCCn1cc(NCc2cnn(CCO)c2)ccc1=O. The van der Waals surface area contributed by atoms with E-state index in [1.54, 1.807) is 27.6 Å². The summed E-state index contributed by atoms with van der Waals surface area (Å²) in [6.07, 6.45) is 6.43. The first kappa shape index (κ1) is 14.3. The third-order valence-electron chi connectivity index (χ3n) is 2.96. The van der Waals surface area contributed by atoms with Gasteiger partial charge in [0.25, 0.3) is 5.56 Å². The number of hydrogen-bond acceptors (Lipinski definition) is 4. The predicted molar refractivity (Wildman–Crippen MR) is 77.6 cm³/mol. The van der Waals surface area contributed by atoms with Gasteiger partial charge < -0.3 is 15.0 Å². The maximum absolute atomic E-state index is 11.6. The molecule has 0 unspecified atom stereocenters. The van der Waals surface area contributed by atoms with Gasteiger partial charge in [0.05, 0.1) is 25.0 Å². The monoisotopic (exact) mass is 276 g/mol. The largest absolute Gasteiger partial charge is 0.394 e. The fraction of sp³-hybridized carbons (Fsp3) is 0.429. The quantitative estimate of drug-likeness (QED) is 0.793. The summed E-state index contributed by atoms with van der Waals surface area (Å²) >= 11 is 0. The average molecular weight is 276 g/mol. The van der Waals surface area contributed by atoms with E-state index in [9.17, 15) is 4.79 Å². The molecule has 2 heterocycles. The molecule has 0 atom stereocenters. The molecule has 2 aromatic heterocycles. The summed E-state index contributed by atoms with van der Waals surface area (Å²) < 4.78 is 3.41. The van der Waals surface area contributed by atoms with Gasteiger partial charge in [0.2, 0.25) is 0 Å². The first-order valence-corrected chi connectivity index (χ1v) is 6.79. The van der Waals surface area contributed by atoms with Crippen LogP contribution in [0.5, 0.6) is 0 Å². The van der Waals surface area contributed by atoms with Crippen molar-refractivity contribution in [2.75, 3.05) is 11.9 Å². The van der Waals surface area contributed by atoms with Crippen molar-refractivity contribution in [1.29, 1.82) is 0 Å². The molecule has 2 N–H and O–H groups in total. The average Bonchev–Trinajstić information content (AvgIpc) is 2.88. The van der Waals surface area contributed by atoms with Crippen LogP contribution in [-0.2, 0) is 19.6 Å². The van der Waals surface area contributed by atoms with Crippen molar-refractivity contribution in [3.8, 4) is 0 Å². The van der Waals surface area contributed by atoms with E-state index >= 15 is 0 Å². The molecule has 0 saturated carbocycles. The normalized spacial score (nSPS) is 10.7. The lowest BCUT2D eigenvalue weighted by Gasteiger charge is -2.08. The molecule has 0 amide bonds. The van der Waals surface area contributed by atoms with E-state index in [4.69, 9.17) is 5.11 Å². The topological polar surface area (TPSA) is 72.1 Å². The van der Waals surface area contributed by atoms with Crippen molar-refractivity contribution >= 4 is 5.69 Å². The fourth-order valence-electron chi connectivity index (χ4n) is 1.98. The lowest BCUT2D eigenvalue weighted by Crippen LogP contribution is -2.18. The Labute approximate surface area is 117 Å². The zero-order valence-electron chi connectivity index (χ0n) is 11.6. The van der Waals surface area contributed by atoms with E-state index in [1.807, 2.05) is 19.3 Å². The molecule has 2 rings (SSSR count). The molecule has 6 heteroatoms. The number of aryl methyl sites for hydroxylation is 1. The molecule has 20 heavy (non-hydrogen) atoms. The van der Waals surface area contributed by atoms with Crippen LogP contribution in [0.25, 0.3) is 0 Å². The molecule has 2 aromatic rings. The van der Waals surface area contributed by atoms with Crippen LogP contribution >= 0.6 is 0 Å². The number of anilines is 1. The highest BCUT2D eigenvalue weighted by Crippen LogP contribution is 2.07. The summed E-state index contributed by atoms with van der Waals surface area (Å²) in [4.78, 5) is 11.6. The smallest absolute Gasteiger partial charge is 0.250 e. The summed E-state index contributed by atoms with van der Waals surface area (Å²) in [5.74, 6) is 0. The van der Waals surface area contributed by atoms with E-state index < -0.39 is 0 Å². The summed E-state index contributed by atoms with van der Waals surface area (Å²) in [7, 11) is 0.